The van der Waals surface area contributed by atoms with Crippen molar-refractivity contribution in [1.29, 1.82) is 0 Å². The molecule has 2 amide bonds. The van der Waals surface area contributed by atoms with Gasteiger partial charge < -0.3 is 14.6 Å². The van der Waals surface area contributed by atoms with Crippen LogP contribution in [0.3, 0.4) is 0 Å². The summed E-state index contributed by atoms with van der Waals surface area (Å²) >= 11 is 0. The van der Waals surface area contributed by atoms with Crippen LogP contribution in [0.5, 0.6) is 0 Å². The molecule has 138 valence electrons. The first kappa shape index (κ1) is 18.2. The molecule has 1 fully saturated rings. The molecular weight excluding hydrogens is 328 g/mol. The Bertz CT molecular complexity index is 729. The Morgan fingerprint density at radius 2 is 1.88 bits per heavy atom. The summed E-state index contributed by atoms with van der Waals surface area (Å²) in [6.45, 7) is 5.30. The molecule has 0 spiro atoms. The number of piperidine rings is 1. The van der Waals surface area contributed by atoms with Crippen LogP contribution in [-0.4, -0.2) is 29.8 Å². The molecule has 1 atom stereocenters. The van der Waals surface area contributed by atoms with E-state index < -0.39 is 0 Å². The average Bonchev–Trinajstić information content (AvgIpc) is 3.21. The van der Waals surface area contributed by atoms with Gasteiger partial charge in [0.1, 0.15) is 0 Å². The van der Waals surface area contributed by atoms with E-state index in [1.54, 1.807) is 17.0 Å². The van der Waals surface area contributed by atoms with E-state index in [0.717, 1.165) is 12.0 Å². The van der Waals surface area contributed by atoms with Crippen molar-refractivity contribution < 1.29 is 14.0 Å². The van der Waals surface area contributed by atoms with Crippen molar-refractivity contribution in [1.82, 2.24) is 10.2 Å². The molecule has 1 saturated heterocycles. The van der Waals surface area contributed by atoms with Crippen LogP contribution in [0, 0.1) is 12.8 Å². The summed E-state index contributed by atoms with van der Waals surface area (Å²) in [6.07, 6.45) is 3.72. The largest absolute Gasteiger partial charge is 0.459 e. The minimum Gasteiger partial charge on any atom is -0.459 e. The number of carbonyl (C=O) groups is 2. The summed E-state index contributed by atoms with van der Waals surface area (Å²) in [5, 5.41) is 3.18. The Hall–Kier alpha value is -2.56. The fourth-order valence-electron chi connectivity index (χ4n) is 3.41. The van der Waals surface area contributed by atoms with Crippen LogP contribution in [0.15, 0.2) is 47.1 Å². The highest BCUT2D eigenvalue weighted by Gasteiger charge is 2.29. The topological polar surface area (TPSA) is 62.6 Å². The number of furan rings is 1. The smallest absolute Gasteiger partial charge is 0.289 e. The summed E-state index contributed by atoms with van der Waals surface area (Å²) < 4.78 is 5.18. The fourth-order valence-corrected chi connectivity index (χ4v) is 3.41. The first-order chi connectivity index (χ1) is 12.6. The molecule has 1 aromatic carbocycles. The van der Waals surface area contributed by atoms with Crippen LogP contribution in [0.1, 0.15) is 53.9 Å². The molecule has 5 heteroatoms. The summed E-state index contributed by atoms with van der Waals surface area (Å²) in [4.78, 5) is 26.7. The molecule has 1 unspecified atom stereocenters. The van der Waals surface area contributed by atoms with Crippen molar-refractivity contribution in [3.63, 3.8) is 0 Å². The highest BCUT2D eigenvalue weighted by molar-refractivity contribution is 5.91. The van der Waals surface area contributed by atoms with Gasteiger partial charge in [-0.1, -0.05) is 36.8 Å². The highest BCUT2D eigenvalue weighted by atomic mass is 16.3. The third-order valence-corrected chi connectivity index (χ3v) is 5.09. The SMILES string of the molecule is CCC(NC(=O)C1CCN(C(=O)c2ccco2)CC1)c1ccc(C)cc1. The summed E-state index contributed by atoms with van der Waals surface area (Å²) in [5.41, 5.74) is 2.35. The number of nitrogens with zero attached hydrogens (tertiary/aromatic N) is 1. The molecule has 26 heavy (non-hydrogen) atoms. The summed E-state index contributed by atoms with van der Waals surface area (Å²) in [5.74, 6) is 0.302. The van der Waals surface area contributed by atoms with Gasteiger partial charge in [-0.15, -0.1) is 0 Å². The average molecular weight is 354 g/mol. The summed E-state index contributed by atoms with van der Waals surface area (Å²) in [7, 11) is 0. The first-order valence-electron chi connectivity index (χ1n) is 9.28. The number of hydrogen-bond donors (Lipinski definition) is 1. The van der Waals surface area contributed by atoms with Gasteiger partial charge in [0.15, 0.2) is 5.76 Å². The minimum absolute atomic E-state index is 0.0332. The van der Waals surface area contributed by atoms with E-state index in [-0.39, 0.29) is 23.8 Å². The second-order valence-corrected chi connectivity index (χ2v) is 6.92. The van der Waals surface area contributed by atoms with E-state index >= 15 is 0 Å². The molecule has 3 rings (SSSR count). The fraction of sp³-hybridized carbons (Fsp3) is 0.429. The van der Waals surface area contributed by atoms with Crippen LogP contribution in [-0.2, 0) is 4.79 Å². The molecule has 5 nitrogen and oxygen atoms in total. The van der Waals surface area contributed by atoms with E-state index in [1.807, 2.05) is 0 Å². The van der Waals surface area contributed by atoms with Crippen molar-refractivity contribution in [2.24, 2.45) is 5.92 Å². The molecular formula is C21H26N2O3. The van der Waals surface area contributed by atoms with Crippen molar-refractivity contribution in [2.45, 2.75) is 39.2 Å². The third-order valence-electron chi connectivity index (χ3n) is 5.09. The Morgan fingerprint density at radius 3 is 2.46 bits per heavy atom. The zero-order chi connectivity index (χ0) is 18.5. The highest BCUT2D eigenvalue weighted by Crippen LogP contribution is 2.22. The third kappa shape index (κ3) is 4.15. The second kappa shape index (κ2) is 8.21. The van der Waals surface area contributed by atoms with Crippen molar-refractivity contribution in [2.75, 3.05) is 13.1 Å². The molecule has 1 aromatic heterocycles. The maximum Gasteiger partial charge on any atom is 0.289 e. The number of likely N-dealkylation sites (tertiary alicyclic amines) is 1. The molecule has 0 saturated carbocycles. The molecule has 0 aliphatic carbocycles. The van der Waals surface area contributed by atoms with Crippen LogP contribution in [0.25, 0.3) is 0 Å². The Labute approximate surface area is 154 Å². The number of aryl methyl sites for hydroxylation is 1. The van der Waals surface area contributed by atoms with Crippen LogP contribution in [0.2, 0.25) is 0 Å². The lowest BCUT2D eigenvalue weighted by atomic mass is 9.94. The van der Waals surface area contributed by atoms with Gasteiger partial charge in [-0.05, 0) is 43.9 Å². The van der Waals surface area contributed by atoms with Crippen LogP contribution < -0.4 is 5.32 Å². The minimum atomic E-state index is -0.0973. The molecule has 1 N–H and O–H groups in total. The van der Waals surface area contributed by atoms with Gasteiger partial charge in [0, 0.05) is 19.0 Å². The first-order valence-corrected chi connectivity index (χ1v) is 9.28. The lowest BCUT2D eigenvalue weighted by Gasteiger charge is -2.31. The van der Waals surface area contributed by atoms with E-state index in [0.29, 0.717) is 31.7 Å². The van der Waals surface area contributed by atoms with Crippen molar-refractivity contribution in [3.8, 4) is 0 Å². The number of carbonyl (C=O) groups excluding carboxylic acids is 2. The second-order valence-electron chi connectivity index (χ2n) is 6.92. The summed E-state index contributed by atoms with van der Waals surface area (Å²) in [6, 6.07) is 11.7. The Balaban J connectivity index is 1.54. The number of amides is 2. The number of nitrogens with one attached hydrogen (secondary N) is 1. The van der Waals surface area contributed by atoms with E-state index in [1.165, 1.54) is 11.8 Å². The zero-order valence-electron chi connectivity index (χ0n) is 15.4. The Morgan fingerprint density at radius 1 is 1.19 bits per heavy atom. The maximum absolute atomic E-state index is 12.7. The predicted molar refractivity (Wildman–Crippen MR) is 99.7 cm³/mol. The van der Waals surface area contributed by atoms with E-state index in [9.17, 15) is 9.59 Å². The van der Waals surface area contributed by atoms with Gasteiger partial charge in [-0.2, -0.15) is 0 Å². The van der Waals surface area contributed by atoms with Gasteiger partial charge in [0.25, 0.3) is 5.91 Å². The van der Waals surface area contributed by atoms with Gasteiger partial charge in [0.2, 0.25) is 5.91 Å². The normalized spacial score (nSPS) is 16.3. The van der Waals surface area contributed by atoms with E-state index in [4.69, 9.17) is 4.42 Å². The number of hydrogen-bond acceptors (Lipinski definition) is 3. The predicted octanol–water partition coefficient (Wildman–Crippen LogP) is 3.71. The maximum atomic E-state index is 12.7. The quantitative estimate of drug-likeness (QED) is 0.890. The lowest BCUT2D eigenvalue weighted by Crippen LogP contribution is -2.43. The van der Waals surface area contributed by atoms with Gasteiger partial charge in [-0.25, -0.2) is 0 Å². The van der Waals surface area contributed by atoms with Crippen molar-refractivity contribution in [3.05, 3.63) is 59.5 Å². The van der Waals surface area contributed by atoms with Crippen LogP contribution in [0.4, 0.5) is 0 Å². The van der Waals surface area contributed by atoms with Crippen LogP contribution >= 0.6 is 0 Å². The molecule has 1 aliphatic heterocycles. The molecule has 2 aromatic rings. The monoisotopic (exact) mass is 354 g/mol. The molecule has 1 aliphatic rings. The van der Waals surface area contributed by atoms with Gasteiger partial charge in [0.05, 0.1) is 12.3 Å². The standard InChI is InChI=1S/C21H26N2O3/c1-3-18(16-8-6-15(2)7-9-16)22-20(24)17-10-12-23(13-11-17)21(25)19-5-4-14-26-19/h4-9,14,17-18H,3,10-13H2,1-2H3,(H,22,24). The number of rotatable bonds is 5. The molecule has 2 heterocycles. The molecule has 0 bridgehead atoms. The zero-order valence-corrected chi connectivity index (χ0v) is 15.4. The Kier molecular flexibility index (Phi) is 5.76. The lowest BCUT2D eigenvalue weighted by molar-refractivity contribution is -0.127. The van der Waals surface area contributed by atoms with Gasteiger partial charge in [-0.3, -0.25) is 9.59 Å². The van der Waals surface area contributed by atoms with Crippen molar-refractivity contribution >= 4 is 11.8 Å². The van der Waals surface area contributed by atoms with E-state index in [2.05, 4.69) is 43.4 Å². The number of benzene rings is 1. The molecule has 0 radical (unpaired) electrons. The van der Waals surface area contributed by atoms with Gasteiger partial charge >= 0.3 is 0 Å².